The van der Waals surface area contributed by atoms with E-state index in [1.54, 1.807) is 0 Å². The van der Waals surface area contributed by atoms with Crippen LogP contribution in [0.5, 0.6) is 0 Å². The van der Waals surface area contributed by atoms with Gasteiger partial charge in [0.1, 0.15) is 12.1 Å². The van der Waals surface area contributed by atoms with E-state index in [-0.39, 0.29) is 24.3 Å². The van der Waals surface area contributed by atoms with Gasteiger partial charge in [0.15, 0.2) is 24.0 Å². The summed E-state index contributed by atoms with van der Waals surface area (Å²) in [5, 5.41) is 0. The minimum absolute atomic E-state index is 0.106. The van der Waals surface area contributed by atoms with Crippen molar-refractivity contribution in [3.05, 3.63) is 144 Å². The fraction of sp³-hybridized carbons (Fsp3) is 0.161. The third-order valence-electron chi connectivity index (χ3n) is 6.51. The normalized spacial score (nSPS) is 23.2. The first kappa shape index (κ1) is 21.4. The highest BCUT2D eigenvalue weighted by molar-refractivity contribution is 5.98. The molecule has 4 aromatic rings. The Morgan fingerprint density at radius 1 is 0.429 bits per heavy atom. The summed E-state index contributed by atoms with van der Waals surface area (Å²) < 4.78 is 12.9. The second-order valence-electron chi connectivity index (χ2n) is 8.83. The van der Waals surface area contributed by atoms with Crippen LogP contribution >= 0.6 is 0 Å². The molecule has 4 aromatic carbocycles. The summed E-state index contributed by atoms with van der Waals surface area (Å²) in [5.74, 6) is 1.32. The largest absolute Gasteiger partial charge is 0.470 e. The molecular weight excluding hydrogens is 432 g/mol. The quantitative estimate of drug-likeness (QED) is 0.307. The van der Waals surface area contributed by atoms with Crippen LogP contribution < -0.4 is 0 Å². The van der Waals surface area contributed by atoms with Crippen molar-refractivity contribution in [2.45, 2.75) is 30.7 Å². The van der Waals surface area contributed by atoms with E-state index in [2.05, 4.69) is 48.5 Å². The summed E-state index contributed by atoms with van der Waals surface area (Å²) in [6.07, 6.45) is 0.0789. The molecule has 0 unspecified atom stereocenters. The Morgan fingerprint density at radius 2 is 0.743 bits per heavy atom. The molecule has 0 saturated carbocycles. The molecule has 0 fully saturated rings. The van der Waals surface area contributed by atoms with E-state index in [1.165, 1.54) is 0 Å². The molecule has 2 aliphatic rings. The maximum Gasteiger partial charge on any atom is 0.194 e. The van der Waals surface area contributed by atoms with Crippen molar-refractivity contribution in [1.29, 1.82) is 0 Å². The Balaban J connectivity index is 1.29. The van der Waals surface area contributed by atoms with Crippen molar-refractivity contribution in [1.82, 2.24) is 0 Å². The molecule has 0 N–H and O–H groups in total. The summed E-state index contributed by atoms with van der Waals surface area (Å²) in [4.78, 5) is 10.0. The van der Waals surface area contributed by atoms with Crippen molar-refractivity contribution in [3.63, 3.8) is 0 Å². The molecule has 2 aliphatic heterocycles. The lowest BCUT2D eigenvalue weighted by Crippen LogP contribution is -2.13. The zero-order valence-corrected chi connectivity index (χ0v) is 19.3. The average Bonchev–Trinajstić information content (AvgIpc) is 3.56. The molecule has 4 atom stereocenters. The summed E-state index contributed by atoms with van der Waals surface area (Å²) in [6.45, 7) is 0. The fourth-order valence-corrected chi connectivity index (χ4v) is 4.82. The Morgan fingerprint density at radius 3 is 1.09 bits per heavy atom. The Hall–Kier alpha value is -4.18. The van der Waals surface area contributed by atoms with Gasteiger partial charge >= 0.3 is 0 Å². The molecule has 0 bridgehead atoms. The monoisotopic (exact) mass is 458 g/mol. The van der Waals surface area contributed by atoms with Gasteiger partial charge in [0, 0.05) is 0 Å². The molecular formula is C31H26N2O2. The van der Waals surface area contributed by atoms with E-state index in [1.807, 2.05) is 72.8 Å². The number of aliphatic imine (C=N–C) groups is 2. The first-order valence-electron chi connectivity index (χ1n) is 12.0. The van der Waals surface area contributed by atoms with Gasteiger partial charge in [0.25, 0.3) is 0 Å². The van der Waals surface area contributed by atoms with Crippen LogP contribution in [0.2, 0.25) is 0 Å². The lowest BCUT2D eigenvalue weighted by molar-refractivity contribution is 0.183. The molecule has 35 heavy (non-hydrogen) atoms. The minimum atomic E-state index is -0.176. The number of hydrogen-bond acceptors (Lipinski definition) is 4. The topological polar surface area (TPSA) is 43.2 Å². The number of nitrogens with zero attached hydrogens (tertiary/aromatic N) is 2. The first-order valence-corrected chi connectivity index (χ1v) is 12.0. The lowest BCUT2D eigenvalue weighted by atomic mass is 9.97. The van der Waals surface area contributed by atoms with Gasteiger partial charge in [-0.25, -0.2) is 9.98 Å². The SMILES string of the molecule is c1ccc([C@@H]2N=C(CC3=N[C@@H](c4ccccc4)[C@H](c4ccccc4)O3)O[C@H]2c2ccccc2)cc1. The van der Waals surface area contributed by atoms with E-state index in [9.17, 15) is 0 Å². The zero-order valence-electron chi connectivity index (χ0n) is 19.3. The average molecular weight is 459 g/mol. The van der Waals surface area contributed by atoms with Gasteiger partial charge in [-0.3, -0.25) is 0 Å². The zero-order chi connectivity index (χ0) is 23.5. The van der Waals surface area contributed by atoms with E-state index < -0.39 is 0 Å². The van der Waals surface area contributed by atoms with Gasteiger partial charge in [-0.1, -0.05) is 121 Å². The number of ether oxygens (including phenoxy) is 2. The molecule has 0 aromatic heterocycles. The maximum absolute atomic E-state index is 6.45. The van der Waals surface area contributed by atoms with Gasteiger partial charge in [0.05, 0.1) is 6.42 Å². The third kappa shape index (κ3) is 4.47. The van der Waals surface area contributed by atoms with E-state index in [4.69, 9.17) is 19.5 Å². The summed E-state index contributed by atoms with van der Waals surface area (Å²) in [6, 6.07) is 41.0. The molecule has 172 valence electrons. The number of rotatable bonds is 6. The summed E-state index contributed by atoms with van der Waals surface area (Å²) in [5.41, 5.74) is 4.49. The molecule has 6 rings (SSSR count). The fourth-order valence-electron chi connectivity index (χ4n) is 4.82. The summed E-state index contributed by atoms with van der Waals surface area (Å²) >= 11 is 0. The highest BCUT2D eigenvalue weighted by Gasteiger charge is 2.37. The molecule has 4 nitrogen and oxygen atoms in total. The van der Waals surface area contributed by atoms with Gasteiger partial charge in [-0.15, -0.1) is 0 Å². The van der Waals surface area contributed by atoms with Crippen molar-refractivity contribution < 1.29 is 9.47 Å². The molecule has 0 aliphatic carbocycles. The standard InChI is InChI=1S/C31H26N2O2/c1-5-13-22(14-6-1)28-30(24-17-9-3-10-18-24)34-26(32-28)21-27-33-29(23-15-7-2-8-16-23)31(35-27)25-19-11-4-12-20-25/h1-20,28-31H,21H2/t28-,29-,30-,31-/m0/s1. The van der Waals surface area contributed by atoms with Crippen LogP contribution in [0.4, 0.5) is 0 Å². The van der Waals surface area contributed by atoms with Crippen molar-refractivity contribution >= 4 is 11.8 Å². The smallest absolute Gasteiger partial charge is 0.194 e. The molecule has 0 radical (unpaired) electrons. The van der Waals surface area contributed by atoms with Crippen molar-refractivity contribution in [2.75, 3.05) is 0 Å². The Kier molecular flexibility index (Phi) is 5.85. The van der Waals surface area contributed by atoms with Gasteiger partial charge in [-0.2, -0.15) is 0 Å². The van der Waals surface area contributed by atoms with Gasteiger partial charge in [-0.05, 0) is 22.3 Å². The highest BCUT2D eigenvalue weighted by atomic mass is 16.5. The highest BCUT2D eigenvalue weighted by Crippen LogP contribution is 2.43. The lowest BCUT2D eigenvalue weighted by Gasteiger charge is -2.19. The second-order valence-corrected chi connectivity index (χ2v) is 8.83. The second kappa shape index (κ2) is 9.59. The third-order valence-corrected chi connectivity index (χ3v) is 6.51. The van der Waals surface area contributed by atoms with E-state index in [0.29, 0.717) is 18.2 Å². The Labute approximate surface area is 205 Å². The van der Waals surface area contributed by atoms with Crippen LogP contribution in [0.25, 0.3) is 0 Å². The van der Waals surface area contributed by atoms with Crippen LogP contribution in [0.15, 0.2) is 131 Å². The van der Waals surface area contributed by atoms with Gasteiger partial charge < -0.3 is 9.47 Å². The predicted molar refractivity (Wildman–Crippen MR) is 138 cm³/mol. The van der Waals surface area contributed by atoms with Crippen LogP contribution in [0.1, 0.15) is 53.0 Å². The van der Waals surface area contributed by atoms with Crippen molar-refractivity contribution in [3.8, 4) is 0 Å². The van der Waals surface area contributed by atoms with Gasteiger partial charge in [0.2, 0.25) is 0 Å². The molecule has 0 amide bonds. The van der Waals surface area contributed by atoms with E-state index >= 15 is 0 Å². The van der Waals surface area contributed by atoms with Crippen LogP contribution in [-0.2, 0) is 9.47 Å². The van der Waals surface area contributed by atoms with E-state index in [0.717, 1.165) is 22.3 Å². The molecule has 0 spiro atoms. The molecule has 2 heterocycles. The Bertz CT molecular complexity index is 1220. The molecule has 4 heteroatoms. The van der Waals surface area contributed by atoms with Crippen LogP contribution in [0, 0.1) is 0 Å². The molecule has 0 saturated heterocycles. The van der Waals surface area contributed by atoms with Crippen LogP contribution in [0.3, 0.4) is 0 Å². The summed E-state index contributed by atoms with van der Waals surface area (Å²) in [7, 11) is 0. The first-order chi connectivity index (χ1) is 17.3. The number of hydrogen-bond donors (Lipinski definition) is 0. The minimum Gasteiger partial charge on any atom is -0.470 e. The van der Waals surface area contributed by atoms with Crippen molar-refractivity contribution in [2.24, 2.45) is 9.98 Å². The number of benzene rings is 4. The predicted octanol–water partition coefficient (Wildman–Crippen LogP) is 7.20. The maximum atomic E-state index is 6.45. The van der Waals surface area contributed by atoms with Crippen LogP contribution in [-0.4, -0.2) is 11.8 Å².